The summed E-state index contributed by atoms with van der Waals surface area (Å²) in [6.07, 6.45) is 7.72. The second-order valence-corrected chi connectivity index (χ2v) is 10.6. The van der Waals surface area contributed by atoms with Crippen molar-refractivity contribution in [3.8, 4) is 22.6 Å². The molecule has 2 saturated heterocycles. The third kappa shape index (κ3) is 7.71. The molecule has 0 saturated carbocycles. The zero-order valence-electron chi connectivity index (χ0n) is 22.7. The SMILES string of the molecule is Cc1c(OCCCN2CCCCC2)cccc1-c1cccc(OCCCN2CCC[C@H](C(=O)O)C2)c1C. The average Bonchev–Trinajstić information content (AvgIpc) is 2.92. The Hall–Kier alpha value is -2.57. The first-order chi connectivity index (χ1) is 18.0. The topological polar surface area (TPSA) is 62.2 Å². The van der Waals surface area contributed by atoms with Crippen molar-refractivity contribution in [2.45, 2.75) is 58.8 Å². The van der Waals surface area contributed by atoms with Crippen molar-refractivity contribution in [1.82, 2.24) is 9.80 Å². The molecule has 0 radical (unpaired) electrons. The van der Waals surface area contributed by atoms with Gasteiger partial charge < -0.3 is 24.4 Å². The van der Waals surface area contributed by atoms with E-state index in [1.54, 1.807) is 0 Å². The molecule has 2 aliphatic heterocycles. The third-order valence-corrected chi connectivity index (χ3v) is 7.91. The van der Waals surface area contributed by atoms with Gasteiger partial charge in [-0.2, -0.15) is 0 Å². The van der Waals surface area contributed by atoms with E-state index in [2.05, 4.69) is 54.0 Å². The number of hydrogen-bond acceptors (Lipinski definition) is 5. The van der Waals surface area contributed by atoms with Crippen LogP contribution in [0.3, 0.4) is 0 Å². The monoisotopic (exact) mass is 508 g/mol. The van der Waals surface area contributed by atoms with Crippen LogP contribution < -0.4 is 9.47 Å². The lowest BCUT2D eigenvalue weighted by Crippen LogP contribution is -2.39. The Labute approximate surface area is 222 Å². The van der Waals surface area contributed by atoms with Gasteiger partial charge in [-0.3, -0.25) is 4.79 Å². The predicted octanol–water partition coefficient (Wildman–Crippen LogP) is 5.79. The molecule has 2 heterocycles. The van der Waals surface area contributed by atoms with Gasteiger partial charge >= 0.3 is 5.97 Å². The smallest absolute Gasteiger partial charge is 0.307 e. The molecule has 4 rings (SSSR count). The van der Waals surface area contributed by atoms with E-state index in [0.29, 0.717) is 13.2 Å². The second-order valence-electron chi connectivity index (χ2n) is 10.6. The summed E-state index contributed by atoms with van der Waals surface area (Å²) in [5.41, 5.74) is 4.66. The van der Waals surface area contributed by atoms with E-state index in [9.17, 15) is 9.90 Å². The number of benzene rings is 2. The van der Waals surface area contributed by atoms with E-state index in [1.165, 1.54) is 49.0 Å². The molecular weight excluding hydrogens is 464 g/mol. The van der Waals surface area contributed by atoms with Crippen LogP contribution in [-0.2, 0) is 4.79 Å². The zero-order chi connectivity index (χ0) is 26.0. The first-order valence-electron chi connectivity index (χ1n) is 14.2. The van der Waals surface area contributed by atoms with Crippen LogP contribution in [-0.4, -0.2) is 73.4 Å². The fourth-order valence-electron chi connectivity index (χ4n) is 5.71. The predicted molar refractivity (Wildman–Crippen MR) is 149 cm³/mol. The fourth-order valence-corrected chi connectivity index (χ4v) is 5.71. The summed E-state index contributed by atoms with van der Waals surface area (Å²) < 4.78 is 12.4. The highest BCUT2D eigenvalue weighted by molar-refractivity contribution is 5.74. The summed E-state index contributed by atoms with van der Waals surface area (Å²) in [4.78, 5) is 16.1. The van der Waals surface area contributed by atoms with Crippen molar-refractivity contribution >= 4 is 5.97 Å². The van der Waals surface area contributed by atoms with Crippen LogP contribution in [0.5, 0.6) is 11.5 Å². The molecule has 1 atom stereocenters. The maximum atomic E-state index is 11.3. The average molecular weight is 509 g/mol. The van der Waals surface area contributed by atoms with Gasteiger partial charge in [0.25, 0.3) is 0 Å². The molecule has 2 aromatic carbocycles. The van der Waals surface area contributed by atoms with Crippen molar-refractivity contribution in [3.05, 3.63) is 47.5 Å². The minimum absolute atomic E-state index is 0.230. The lowest BCUT2D eigenvalue weighted by atomic mass is 9.95. The van der Waals surface area contributed by atoms with Gasteiger partial charge in [0.15, 0.2) is 0 Å². The molecule has 6 heteroatoms. The van der Waals surface area contributed by atoms with Crippen molar-refractivity contribution < 1.29 is 19.4 Å². The molecule has 2 aliphatic rings. The largest absolute Gasteiger partial charge is 0.493 e. The summed E-state index contributed by atoms with van der Waals surface area (Å²) in [7, 11) is 0. The number of carboxylic acids is 1. The zero-order valence-corrected chi connectivity index (χ0v) is 22.7. The molecule has 2 aromatic rings. The third-order valence-electron chi connectivity index (χ3n) is 7.91. The van der Waals surface area contributed by atoms with Crippen LogP contribution in [0.1, 0.15) is 56.1 Å². The summed E-state index contributed by atoms with van der Waals surface area (Å²) in [5.74, 6) is 0.969. The normalized spacial score (nSPS) is 19.0. The van der Waals surface area contributed by atoms with E-state index in [0.717, 1.165) is 69.0 Å². The van der Waals surface area contributed by atoms with E-state index in [1.807, 2.05) is 6.07 Å². The molecule has 0 bridgehead atoms. The lowest BCUT2D eigenvalue weighted by molar-refractivity contribution is -0.143. The van der Waals surface area contributed by atoms with Gasteiger partial charge in [0.1, 0.15) is 11.5 Å². The summed E-state index contributed by atoms with van der Waals surface area (Å²) in [5, 5.41) is 9.31. The molecule has 0 unspecified atom stereocenters. The number of hydrogen-bond donors (Lipinski definition) is 1. The number of rotatable bonds is 12. The van der Waals surface area contributed by atoms with Crippen LogP contribution in [0.4, 0.5) is 0 Å². The molecular formula is C31H44N2O4. The van der Waals surface area contributed by atoms with Gasteiger partial charge in [-0.15, -0.1) is 0 Å². The van der Waals surface area contributed by atoms with E-state index >= 15 is 0 Å². The number of ether oxygens (including phenoxy) is 2. The highest BCUT2D eigenvalue weighted by Gasteiger charge is 2.24. The molecule has 37 heavy (non-hydrogen) atoms. The Morgan fingerprint density at radius 3 is 1.92 bits per heavy atom. The Balaban J connectivity index is 1.30. The molecule has 202 valence electrons. The van der Waals surface area contributed by atoms with E-state index < -0.39 is 5.97 Å². The summed E-state index contributed by atoms with van der Waals surface area (Å²) in [6.45, 7) is 11.7. The molecule has 0 spiro atoms. The molecule has 2 fully saturated rings. The maximum absolute atomic E-state index is 11.3. The highest BCUT2D eigenvalue weighted by atomic mass is 16.5. The minimum Gasteiger partial charge on any atom is -0.493 e. The van der Waals surface area contributed by atoms with Crippen molar-refractivity contribution in [2.24, 2.45) is 5.92 Å². The van der Waals surface area contributed by atoms with Gasteiger partial charge in [-0.25, -0.2) is 0 Å². The number of piperidine rings is 2. The van der Waals surface area contributed by atoms with Crippen LogP contribution in [0.15, 0.2) is 36.4 Å². The molecule has 0 aromatic heterocycles. The Bertz CT molecular complexity index is 1020. The number of aliphatic carboxylic acids is 1. The van der Waals surface area contributed by atoms with Crippen LogP contribution in [0.2, 0.25) is 0 Å². The number of carbonyl (C=O) groups is 1. The van der Waals surface area contributed by atoms with Gasteiger partial charge in [-0.1, -0.05) is 30.7 Å². The van der Waals surface area contributed by atoms with Gasteiger partial charge in [0.05, 0.1) is 19.1 Å². The quantitative estimate of drug-likeness (QED) is 0.366. The van der Waals surface area contributed by atoms with E-state index in [-0.39, 0.29) is 5.92 Å². The summed E-state index contributed by atoms with van der Waals surface area (Å²) in [6, 6.07) is 12.6. The van der Waals surface area contributed by atoms with Gasteiger partial charge in [-0.05, 0) is 106 Å². The van der Waals surface area contributed by atoms with Crippen molar-refractivity contribution in [1.29, 1.82) is 0 Å². The van der Waals surface area contributed by atoms with Crippen LogP contribution in [0, 0.1) is 19.8 Å². The molecule has 0 amide bonds. The van der Waals surface area contributed by atoms with Gasteiger partial charge in [0.2, 0.25) is 0 Å². The maximum Gasteiger partial charge on any atom is 0.307 e. The van der Waals surface area contributed by atoms with Crippen molar-refractivity contribution in [2.75, 3.05) is 52.5 Å². The number of carboxylic acid groups (broad SMARTS) is 1. The van der Waals surface area contributed by atoms with Gasteiger partial charge in [0, 0.05) is 19.6 Å². The molecule has 1 N–H and O–H groups in total. The Kier molecular flexibility index (Phi) is 10.3. The standard InChI is InChI=1S/C31H44N2O4/c1-24-27(12-6-14-29(24)36-21-9-19-32-16-4-3-5-17-32)28-13-7-15-30(25(28)2)37-22-10-20-33-18-8-11-26(23-33)31(34)35/h6-7,12-15,26H,3-5,8-11,16-23H2,1-2H3,(H,34,35)/t26-/m0/s1. The molecule has 6 nitrogen and oxygen atoms in total. The highest BCUT2D eigenvalue weighted by Crippen LogP contribution is 2.35. The van der Waals surface area contributed by atoms with Crippen LogP contribution >= 0.6 is 0 Å². The number of nitrogens with zero attached hydrogens (tertiary/aromatic N) is 2. The lowest BCUT2D eigenvalue weighted by Gasteiger charge is -2.30. The second kappa shape index (κ2) is 13.8. The summed E-state index contributed by atoms with van der Waals surface area (Å²) >= 11 is 0. The fraction of sp³-hybridized carbons (Fsp3) is 0.581. The van der Waals surface area contributed by atoms with Crippen molar-refractivity contribution in [3.63, 3.8) is 0 Å². The Morgan fingerprint density at radius 2 is 1.35 bits per heavy atom. The minimum atomic E-state index is -0.671. The number of likely N-dealkylation sites (tertiary alicyclic amines) is 2. The first-order valence-corrected chi connectivity index (χ1v) is 14.2. The van der Waals surface area contributed by atoms with Crippen LogP contribution in [0.25, 0.3) is 11.1 Å². The molecule has 0 aliphatic carbocycles. The first kappa shape index (κ1) is 27.5. The van der Waals surface area contributed by atoms with E-state index in [4.69, 9.17) is 9.47 Å². The Morgan fingerprint density at radius 1 is 0.811 bits per heavy atom.